The molecule has 0 aromatic heterocycles. The van der Waals surface area contributed by atoms with Crippen LogP contribution in [0.4, 0.5) is 4.39 Å². The summed E-state index contributed by atoms with van der Waals surface area (Å²) in [4.78, 5) is 13.3. The van der Waals surface area contributed by atoms with Crippen LogP contribution in [0.1, 0.15) is 37.7 Å². The molecule has 2 aromatic carbocycles. The standard InChI is InChI=1S/C25H28FNO3S/c26-19-9-11-20(12-10-19)31(29,30)27-14-13-18-16-24(28)22(15-17-5-2-1-3-6-17)21-7-4-8-23(27)25(18)21/h1-3,5-6,9-12,18,21-23,25H,4,7-8,13-16H2/t18-,21+,22+,23+,25+/m1/s1. The summed E-state index contributed by atoms with van der Waals surface area (Å²) >= 11 is 0. The molecule has 1 heterocycles. The van der Waals surface area contributed by atoms with E-state index in [2.05, 4.69) is 12.1 Å². The van der Waals surface area contributed by atoms with Crippen molar-refractivity contribution in [1.82, 2.24) is 4.31 Å². The molecule has 3 aliphatic rings. The van der Waals surface area contributed by atoms with Gasteiger partial charge in [0.25, 0.3) is 0 Å². The molecule has 0 radical (unpaired) electrons. The number of hydrogen-bond donors (Lipinski definition) is 0. The largest absolute Gasteiger partial charge is 0.299 e. The molecule has 0 spiro atoms. The first-order valence-corrected chi connectivity index (χ1v) is 12.7. The monoisotopic (exact) mass is 441 g/mol. The fraction of sp³-hybridized carbons (Fsp3) is 0.480. The van der Waals surface area contributed by atoms with Gasteiger partial charge in [-0.25, -0.2) is 12.8 Å². The molecule has 31 heavy (non-hydrogen) atoms. The number of carbonyl (C=O) groups excluding carboxylic acids is 1. The van der Waals surface area contributed by atoms with E-state index >= 15 is 0 Å². The molecule has 2 saturated carbocycles. The summed E-state index contributed by atoms with van der Waals surface area (Å²) in [5.74, 6) is 0.616. The van der Waals surface area contributed by atoms with Gasteiger partial charge in [0.15, 0.2) is 0 Å². The Morgan fingerprint density at radius 1 is 0.968 bits per heavy atom. The molecule has 5 atom stereocenters. The number of benzene rings is 2. The first kappa shape index (κ1) is 20.8. The summed E-state index contributed by atoms with van der Waals surface area (Å²) in [5.41, 5.74) is 1.17. The van der Waals surface area contributed by atoms with Crippen molar-refractivity contribution in [3.63, 3.8) is 0 Å². The third kappa shape index (κ3) is 3.74. The van der Waals surface area contributed by atoms with Gasteiger partial charge in [0.2, 0.25) is 10.0 Å². The number of carbonyl (C=O) groups is 1. The van der Waals surface area contributed by atoms with Gasteiger partial charge in [-0.1, -0.05) is 36.8 Å². The molecule has 0 bridgehead atoms. The molecule has 164 valence electrons. The molecule has 5 rings (SSSR count). The van der Waals surface area contributed by atoms with E-state index in [1.807, 2.05) is 18.2 Å². The molecule has 2 aliphatic carbocycles. The molecular formula is C25H28FNO3S. The zero-order valence-electron chi connectivity index (χ0n) is 17.5. The summed E-state index contributed by atoms with van der Waals surface area (Å²) in [5, 5.41) is 0. The first-order valence-electron chi connectivity index (χ1n) is 11.3. The van der Waals surface area contributed by atoms with Crippen molar-refractivity contribution < 1.29 is 17.6 Å². The van der Waals surface area contributed by atoms with E-state index in [0.29, 0.717) is 18.7 Å². The number of nitrogens with zero attached hydrogens (tertiary/aromatic N) is 1. The second-order valence-corrected chi connectivity index (χ2v) is 11.2. The first-order chi connectivity index (χ1) is 14.9. The number of Topliss-reactive ketones (excluding diaryl/α,β-unsaturated/α-hetero) is 1. The molecule has 1 aliphatic heterocycles. The van der Waals surface area contributed by atoms with Crippen LogP contribution >= 0.6 is 0 Å². The lowest BCUT2D eigenvalue weighted by molar-refractivity contribution is -0.136. The highest BCUT2D eigenvalue weighted by molar-refractivity contribution is 7.89. The Kier molecular flexibility index (Phi) is 5.47. The van der Waals surface area contributed by atoms with Crippen LogP contribution in [-0.4, -0.2) is 31.1 Å². The van der Waals surface area contributed by atoms with Crippen LogP contribution in [0.25, 0.3) is 0 Å². The van der Waals surface area contributed by atoms with Gasteiger partial charge in [-0.15, -0.1) is 0 Å². The number of sulfonamides is 1. The minimum Gasteiger partial charge on any atom is -0.299 e. The molecular weight excluding hydrogens is 413 g/mol. The van der Waals surface area contributed by atoms with Gasteiger partial charge in [0, 0.05) is 24.9 Å². The Hall–Kier alpha value is -2.05. The second kappa shape index (κ2) is 8.14. The summed E-state index contributed by atoms with van der Waals surface area (Å²) < 4.78 is 41.9. The lowest BCUT2D eigenvalue weighted by Gasteiger charge is -2.54. The third-order valence-corrected chi connectivity index (χ3v) is 9.66. The van der Waals surface area contributed by atoms with Crippen molar-refractivity contribution in [2.45, 2.75) is 49.5 Å². The molecule has 3 fully saturated rings. The Morgan fingerprint density at radius 2 is 1.71 bits per heavy atom. The predicted molar refractivity (Wildman–Crippen MR) is 116 cm³/mol. The van der Waals surface area contributed by atoms with Crippen LogP contribution in [-0.2, 0) is 21.2 Å². The zero-order valence-corrected chi connectivity index (χ0v) is 18.3. The van der Waals surface area contributed by atoms with Gasteiger partial charge < -0.3 is 0 Å². The zero-order chi connectivity index (χ0) is 21.6. The van der Waals surface area contributed by atoms with Crippen LogP contribution < -0.4 is 0 Å². The number of hydrogen-bond acceptors (Lipinski definition) is 3. The van der Waals surface area contributed by atoms with Crippen molar-refractivity contribution in [1.29, 1.82) is 0 Å². The van der Waals surface area contributed by atoms with E-state index in [1.54, 1.807) is 4.31 Å². The molecule has 6 heteroatoms. The normalized spacial score (nSPS) is 31.3. The van der Waals surface area contributed by atoms with Gasteiger partial charge in [0.05, 0.1) is 4.90 Å². The number of ketones is 1. The van der Waals surface area contributed by atoms with Crippen LogP contribution in [0, 0.1) is 29.5 Å². The van der Waals surface area contributed by atoms with Crippen LogP contribution in [0.3, 0.4) is 0 Å². The molecule has 0 unspecified atom stereocenters. The highest BCUT2D eigenvalue weighted by atomic mass is 32.2. The summed E-state index contributed by atoms with van der Waals surface area (Å²) in [6.45, 7) is 0.439. The Labute approximate surface area is 183 Å². The Balaban J connectivity index is 1.45. The number of halogens is 1. The fourth-order valence-electron chi connectivity index (χ4n) is 6.41. The smallest absolute Gasteiger partial charge is 0.243 e. The molecule has 4 nitrogen and oxygen atoms in total. The van der Waals surface area contributed by atoms with E-state index < -0.39 is 15.8 Å². The van der Waals surface area contributed by atoms with E-state index in [-0.39, 0.29) is 34.6 Å². The second-order valence-electron chi connectivity index (χ2n) is 9.32. The van der Waals surface area contributed by atoms with Gasteiger partial charge in [-0.05, 0) is 73.3 Å². The van der Waals surface area contributed by atoms with Crippen molar-refractivity contribution in [3.8, 4) is 0 Å². The fourth-order valence-corrected chi connectivity index (χ4v) is 8.11. The van der Waals surface area contributed by atoms with E-state index in [9.17, 15) is 17.6 Å². The van der Waals surface area contributed by atoms with Crippen molar-refractivity contribution in [2.24, 2.45) is 23.7 Å². The van der Waals surface area contributed by atoms with Gasteiger partial charge in [0.1, 0.15) is 11.6 Å². The maximum absolute atomic E-state index is 13.4. The quantitative estimate of drug-likeness (QED) is 0.704. The Bertz CT molecular complexity index is 1050. The van der Waals surface area contributed by atoms with Gasteiger partial charge in [-0.2, -0.15) is 4.31 Å². The minimum atomic E-state index is -3.69. The number of piperidine rings is 1. The van der Waals surface area contributed by atoms with Crippen LogP contribution in [0.2, 0.25) is 0 Å². The summed E-state index contributed by atoms with van der Waals surface area (Å²) in [6.07, 6.45) is 4.80. The maximum atomic E-state index is 13.4. The minimum absolute atomic E-state index is 0.0278. The van der Waals surface area contributed by atoms with Crippen molar-refractivity contribution in [2.75, 3.05) is 6.54 Å². The lowest BCUT2D eigenvalue weighted by atomic mass is 9.56. The maximum Gasteiger partial charge on any atom is 0.243 e. The van der Waals surface area contributed by atoms with Crippen molar-refractivity contribution in [3.05, 3.63) is 66.0 Å². The molecule has 1 saturated heterocycles. The average Bonchev–Trinajstić information content (AvgIpc) is 2.77. The molecule has 0 amide bonds. The highest BCUT2D eigenvalue weighted by Crippen LogP contribution is 2.52. The molecule has 0 N–H and O–H groups in total. The third-order valence-electron chi connectivity index (χ3n) is 7.72. The number of rotatable bonds is 4. The van der Waals surface area contributed by atoms with Crippen molar-refractivity contribution >= 4 is 15.8 Å². The topological polar surface area (TPSA) is 54.5 Å². The highest BCUT2D eigenvalue weighted by Gasteiger charge is 2.53. The van der Waals surface area contributed by atoms with E-state index in [1.165, 1.54) is 29.8 Å². The van der Waals surface area contributed by atoms with Crippen LogP contribution in [0.5, 0.6) is 0 Å². The average molecular weight is 442 g/mol. The summed E-state index contributed by atoms with van der Waals surface area (Å²) in [7, 11) is -3.69. The lowest BCUT2D eigenvalue weighted by Crippen LogP contribution is -2.59. The summed E-state index contributed by atoms with van der Waals surface area (Å²) in [6, 6.07) is 15.2. The van der Waals surface area contributed by atoms with Gasteiger partial charge in [-0.3, -0.25) is 4.79 Å². The Morgan fingerprint density at radius 3 is 2.45 bits per heavy atom. The predicted octanol–water partition coefficient (Wildman–Crippen LogP) is 4.45. The molecule has 2 aromatic rings. The van der Waals surface area contributed by atoms with Gasteiger partial charge >= 0.3 is 0 Å². The van der Waals surface area contributed by atoms with E-state index in [4.69, 9.17) is 0 Å². The van der Waals surface area contributed by atoms with Crippen LogP contribution in [0.15, 0.2) is 59.5 Å². The SMILES string of the molecule is O=C1C[C@H]2CCN(S(=O)(=O)c3ccc(F)cc3)[C@H]3CCC[C@H]([C@H]23)[C@@H]1Cc1ccccc1. The van der Waals surface area contributed by atoms with E-state index in [0.717, 1.165) is 32.1 Å².